The van der Waals surface area contributed by atoms with Gasteiger partial charge < -0.3 is 14.4 Å². The van der Waals surface area contributed by atoms with E-state index in [1.54, 1.807) is 4.68 Å². The Morgan fingerprint density at radius 3 is 2.91 bits per heavy atom. The zero-order valence-corrected chi connectivity index (χ0v) is 13.7. The van der Waals surface area contributed by atoms with E-state index in [0.717, 1.165) is 31.4 Å². The Morgan fingerprint density at radius 2 is 2.09 bits per heavy atom. The summed E-state index contributed by atoms with van der Waals surface area (Å²) in [6.45, 7) is 2.03. The largest absolute Gasteiger partial charge is 0.374 e. The van der Waals surface area contributed by atoms with Crippen LogP contribution in [0.2, 0.25) is 0 Å². The third-order valence-electron chi connectivity index (χ3n) is 5.48. The van der Waals surface area contributed by atoms with Crippen LogP contribution in [0.15, 0.2) is 12.4 Å². The Bertz CT molecular complexity index is 571. The Labute approximate surface area is 136 Å². The maximum Gasteiger partial charge on any atom is 0.229 e. The van der Waals surface area contributed by atoms with Gasteiger partial charge in [-0.15, -0.1) is 0 Å². The minimum Gasteiger partial charge on any atom is -0.374 e. The minimum atomic E-state index is -0.152. The smallest absolute Gasteiger partial charge is 0.229 e. The summed E-state index contributed by atoms with van der Waals surface area (Å²) < 4.78 is 13.6. The number of carbonyl (C=O) groups excluding carboxylic acids is 1. The fraction of sp³-hybridized carbons (Fsp3) is 0.765. The summed E-state index contributed by atoms with van der Waals surface area (Å²) in [7, 11) is 1.89. The van der Waals surface area contributed by atoms with Crippen LogP contribution in [0, 0.1) is 5.92 Å². The number of fused-ring (bicyclic) bond motifs is 1. The second-order valence-electron chi connectivity index (χ2n) is 6.93. The summed E-state index contributed by atoms with van der Waals surface area (Å²) in [6, 6.07) is 0.264. The maximum atomic E-state index is 13.2. The topological polar surface area (TPSA) is 56.6 Å². The molecule has 3 heterocycles. The van der Waals surface area contributed by atoms with Crippen LogP contribution in [0.5, 0.6) is 0 Å². The molecule has 3 fully saturated rings. The highest BCUT2D eigenvalue weighted by Crippen LogP contribution is 2.38. The van der Waals surface area contributed by atoms with Gasteiger partial charge in [-0.2, -0.15) is 5.10 Å². The number of aryl methyl sites for hydroxylation is 1. The fourth-order valence-corrected chi connectivity index (χ4v) is 4.34. The standard InChI is InChI=1S/C17H25N3O3/c1-19-11-12(10-18-19)16-13(6-8-23-16)17(21)20-7-9-22-15-5-3-2-4-14(15)20/h10-11,13-16H,2-9H2,1H3/t13-,14?,15?,16+/m0/s1. The predicted molar refractivity (Wildman–Crippen MR) is 83.7 cm³/mol. The van der Waals surface area contributed by atoms with Crippen molar-refractivity contribution >= 4 is 5.91 Å². The Hall–Kier alpha value is -1.40. The van der Waals surface area contributed by atoms with Crippen LogP contribution in [0.25, 0.3) is 0 Å². The normalized spacial score (nSPS) is 34.4. The highest BCUT2D eigenvalue weighted by Gasteiger charge is 2.43. The molecule has 0 spiro atoms. The second-order valence-corrected chi connectivity index (χ2v) is 6.93. The molecule has 6 nitrogen and oxygen atoms in total. The molecule has 1 aromatic heterocycles. The number of amides is 1. The number of hydrogen-bond acceptors (Lipinski definition) is 4. The molecule has 2 unspecified atom stereocenters. The van der Waals surface area contributed by atoms with E-state index in [1.165, 1.54) is 12.8 Å². The van der Waals surface area contributed by atoms with Crippen LogP contribution < -0.4 is 0 Å². The third kappa shape index (κ3) is 2.78. The number of nitrogens with zero attached hydrogens (tertiary/aromatic N) is 3. The predicted octanol–water partition coefficient (Wildman–Crippen LogP) is 1.67. The van der Waals surface area contributed by atoms with Gasteiger partial charge in [0.05, 0.1) is 37.0 Å². The van der Waals surface area contributed by atoms with Gasteiger partial charge in [0.25, 0.3) is 0 Å². The van der Waals surface area contributed by atoms with Gasteiger partial charge in [0, 0.05) is 32.0 Å². The minimum absolute atomic E-state index is 0.0834. The first kappa shape index (κ1) is 15.1. The molecule has 1 saturated carbocycles. The maximum absolute atomic E-state index is 13.2. The molecule has 1 aromatic rings. The molecule has 0 radical (unpaired) electrons. The Morgan fingerprint density at radius 1 is 1.22 bits per heavy atom. The molecule has 3 aliphatic rings. The first-order valence-electron chi connectivity index (χ1n) is 8.76. The second kappa shape index (κ2) is 6.24. The van der Waals surface area contributed by atoms with E-state index in [4.69, 9.17) is 9.47 Å². The fourth-order valence-electron chi connectivity index (χ4n) is 4.34. The first-order chi connectivity index (χ1) is 11.2. The van der Waals surface area contributed by atoms with Gasteiger partial charge in [0.15, 0.2) is 0 Å². The number of aromatic nitrogens is 2. The molecule has 23 heavy (non-hydrogen) atoms. The summed E-state index contributed by atoms with van der Waals surface area (Å²) in [5.41, 5.74) is 1.01. The van der Waals surface area contributed by atoms with Crippen LogP contribution >= 0.6 is 0 Å². The molecular weight excluding hydrogens is 294 g/mol. The lowest BCUT2D eigenvalue weighted by Gasteiger charge is -2.44. The van der Waals surface area contributed by atoms with E-state index < -0.39 is 0 Å². The highest BCUT2D eigenvalue weighted by atomic mass is 16.5. The number of hydrogen-bond donors (Lipinski definition) is 0. The molecule has 0 N–H and O–H groups in total. The summed E-state index contributed by atoms with van der Waals surface area (Å²) in [4.78, 5) is 15.3. The monoisotopic (exact) mass is 319 g/mol. The lowest BCUT2D eigenvalue weighted by atomic mass is 9.88. The summed E-state index contributed by atoms with van der Waals surface area (Å²) in [6.07, 6.45) is 9.23. The van der Waals surface area contributed by atoms with Crippen molar-refractivity contribution in [2.75, 3.05) is 19.8 Å². The molecule has 1 aliphatic carbocycles. The van der Waals surface area contributed by atoms with E-state index in [9.17, 15) is 4.79 Å². The van der Waals surface area contributed by atoms with Crippen LogP contribution in [-0.2, 0) is 21.3 Å². The van der Waals surface area contributed by atoms with Gasteiger partial charge in [-0.1, -0.05) is 12.8 Å². The third-order valence-corrected chi connectivity index (χ3v) is 5.48. The van der Waals surface area contributed by atoms with Crippen molar-refractivity contribution in [2.45, 2.75) is 50.4 Å². The molecule has 6 heteroatoms. The van der Waals surface area contributed by atoms with Gasteiger partial charge >= 0.3 is 0 Å². The van der Waals surface area contributed by atoms with Crippen LogP contribution in [0.1, 0.15) is 43.8 Å². The molecule has 1 amide bonds. The van der Waals surface area contributed by atoms with Crippen molar-refractivity contribution in [1.82, 2.24) is 14.7 Å². The van der Waals surface area contributed by atoms with Gasteiger partial charge in [-0.05, 0) is 19.3 Å². The molecule has 2 aliphatic heterocycles. The van der Waals surface area contributed by atoms with Crippen molar-refractivity contribution < 1.29 is 14.3 Å². The quantitative estimate of drug-likeness (QED) is 0.832. The Kier molecular flexibility index (Phi) is 4.11. The van der Waals surface area contributed by atoms with E-state index >= 15 is 0 Å². The van der Waals surface area contributed by atoms with E-state index in [-0.39, 0.29) is 30.1 Å². The number of ether oxygens (including phenoxy) is 2. The highest BCUT2D eigenvalue weighted by molar-refractivity contribution is 5.80. The van der Waals surface area contributed by atoms with Crippen molar-refractivity contribution in [3.63, 3.8) is 0 Å². The SMILES string of the molecule is Cn1cc([C@H]2OCC[C@@H]2C(=O)N2CCOC3CCCCC32)cn1. The molecule has 0 aromatic carbocycles. The lowest BCUT2D eigenvalue weighted by Crippen LogP contribution is -2.56. The van der Waals surface area contributed by atoms with Gasteiger partial charge in [0.2, 0.25) is 5.91 Å². The summed E-state index contributed by atoms with van der Waals surface area (Å²) >= 11 is 0. The number of rotatable bonds is 2. The van der Waals surface area contributed by atoms with Gasteiger partial charge in [-0.25, -0.2) is 0 Å². The number of morpholine rings is 1. The van der Waals surface area contributed by atoms with E-state index in [0.29, 0.717) is 13.2 Å². The van der Waals surface area contributed by atoms with Gasteiger partial charge in [0.1, 0.15) is 0 Å². The van der Waals surface area contributed by atoms with E-state index in [1.807, 2.05) is 19.4 Å². The number of carbonyl (C=O) groups is 1. The van der Waals surface area contributed by atoms with Crippen molar-refractivity contribution in [3.05, 3.63) is 18.0 Å². The first-order valence-corrected chi connectivity index (χ1v) is 8.76. The molecule has 4 atom stereocenters. The zero-order valence-electron chi connectivity index (χ0n) is 13.7. The van der Waals surface area contributed by atoms with Crippen LogP contribution in [0.4, 0.5) is 0 Å². The average molecular weight is 319 g/mol. The van der Waals surface area contributed by atoms with E-state index in [2.05, 4.69) is 10.00 Å². The molecule has 4 rings (SSSR count). The molecule has 0 bridgehead atoms. The average Bonchev–Trinajstić information content (AvgIpc) is 3.22. The van der Waals surface area contributed by atoms with Crippen molar-refractivity contribution in [3.8, 4) is 0 Å². The molecular formula is C17H25N3O3. The van der Waals surface area contributed by atoms with Crippen molar-refractivity contribution in [2.24, 2.45) is 13.0 Å². The summed E-state index contributed by atoms with van der Waals surface area (Å²) in [5.74, 6) is 0.163. The Balaban J connectivity index is 1.53. The summed E-state index contributed by atoms with van der Waals surface area (Å²) in [5, 5.41) is 4.22. The van der Waals surface area contributed by atoms with Gasteiger partial charge in [-0.3, -0.25) is 9.48 Å². The molecule has 2 saturated heterocycles. The molecule has 126 valence electrons. The lowest BCUT2D eigenvalue weighted by molar-refractivity contribution is -0.155. The van der Waals surface area contributed by atoms with Crippen LogP contribution in [-0.4, -0.2) is 52.5 Å². The van der Waals surface area contributed by atoms with Crippen molar-refractivity contribution in [1.29, 1.82) is 0 Å². The zero-order chi connectivity index (χ0) is 15.8. The van der Waals surface area contributed by atoms with Crippen LogP contribution in [0.3, 0.4) is 0 Å².